The summed E-state index contributed by atoms with van der Waals surface area (Å²) in [5.74, 6) is 0.248. The van der Waals surface area contributed by atoms with Gasteiger partial charge < -0.3 is 14.9 Å². The fraction of sp³-hybridized carbons (Fsp3) is 0.385. The lowest BCUT2D eigenvalue weighted by Gasteiger charge is -2.62. The SMILES string of the molecule is C=CCN1CC[C@]23c4c5ccc(O)c4O[C@H]2C(=NNC(=O)c2ccccc2)CC[C@@]3(O)[C@H]1C5. The van der Waals surface area contributed by atoms with Gasteiger partial charge in [-0.15, -0.1) is 6.58 Å². The van der Waals surface area contributed by atoms with Crippen molar-refractivity contribution in [3.05, 3.63) is 71.8 Å². The van der Waals surface area contributed by atoms with E-state index >= 15 is 0 Å². The molecule has 2 aromatic rings. The second kappa shape index (κ2) is 7.17. The van der Waals surface area contributed by atoms with Crippen molar-refractivity contribution in [1.82, 2.24) is 10.3 Å². The molecule has 2 aromatic carbocycles. The number of benzene rings is 2. The van der Waals surface area contributed by atoms with Crippen LogP contribution < -0.4 is 10.2 Å². The monoisotopic (exact) mass is 445 g/mol. The Hall–Kier alpha value is -3.16. The first-order valence-electron chi connectivity index (χ1n) is 11.5. The summed E-state index contributed by atoms with van der Waals surface area (Å²) < 4.78 is 6.39. The Balaban J connectivity index is 1.43. The fourth-order valence-corrected chi connectivity index (χ4v) is 6.71. The predicted molar refractivity (Wildman–Crippen MR) is 124 cm³/mol. The highest BCUT2D eigenvalue weighted by atomic mass is 16.5. The van der Waals surface area contributed by atoms with Crippen LogP contribution in [-0.4, -0.2) is 57.6 Å². The number of hydrogen-bond acceptors (Lipinski definition) is 6. The Kier molecular flexibility index (Phi) is 4.44. The number of carbonyl (C=O) groups is 1. The van der Waals surface area contributed by atoms with E-state index in [-0.39, 0.29) is 17.7 Å². The fourth-order valence-electron chi connectivity index (χ4n) is 6.71. The molecule has 7 nitrogen and oxygen atoms in total. The summed E-state index contributed by atoms with van der Waals surface area (Å²) in [5.41, 5.74) is 4.21. The van der Waals surface area contributed by atoms with E-state index in [4.69, 9.17) is 4.74 Å². The molecule has 2 fully saturated rings. The number of piperidine rings is 1. The van der Waals surface area contributed by atoms with Gasteiger partial charge in [0.15, 0.2) is 17.6 Å². The van der Waals surface area contributed by atoms with E-state index in [0.717, 1.165) is 17.7 Å². The summed E-state index contributed by atoms with van der Waals surface area (Å²) in [6.45, 7) is 5.40. The van der Waals surface area contributed by atoms with Gasteiger partial charge >= 0.3 is 0 Å². The van der Waals surface area contributed by atoms with Gasteiger partial charge in [0.1, 0.15) is 0 Å². The normalized spacial score (nSPS) is 32.7. The van der Waals surface area contributed by atoms with E-state index in [1.54, 1.807) is 18.2 Å². The number of hydrazone groups is 1. The second-order valence-corrected chi connectivity index (χ2v) is 9.51. The summed E-state index contributed by atoms with van der Waals surface area (Å²) in [6.07, 6.45) is 3.73. The zero-order chi connectivity index (χ0) is 22.8. The van der Waals surface area contributed by atoms with Crippen LogP contribution in [0.15, 0.2) is 60.2 Å². The zero-order valence-electron chi connectivity index (χ0n) is 18.3. The van der Waals surface area contributed by atoms with Crippen molar-refractivity contribution in [2.24, 2.45) is 5.10 Å². The number of aromatic hydroxyl groups is 1. The van der Waals surface area contributed by atoms with Gasteiger partial charge in [-0.3, -0.25) is 9.69 Å². The van der Waals surface area contributed by atoms with Crippen LogP contribution in [0.3, 0.4) is 0 Å². The van der Waals surface area contributed by atoms with Crippen molar-refractivity contribution in [2.45, 2.75) is 48.8 Å². The minimum absolute atomic E-state index is 0.0706. The number of aliphatic hydroxyl groups is 1. The van der Waals surface area contributed by atoms with Crippen LogP contribution in [0.5, 0.6) is 11.5 Å². The van der Waals surface area contributed by atoms with Gasteiger partial charge in [0.2, 0.25) is 0 Å². The van der Waals surface area contributed by atoms with E-state index < -0.39 is 17.1 Å². The third-order valence-electron chi connectivity index (χ3n) is 8.09. The Morgan fingerprint density at radius 1 is 1.27 bits per heavy atom. The van der Waals surface area contributed by atoms with E-state index in [1.807, 2.05) is 30.3 Å². The van der Waals surface area contributed by atoms with E-state index in [2.05, 4.69) is 22.0 Å². The van der Waals surface area contributed by atoms with Crippen molar-refractivity contribution in [1.29, 1.82) is 0 Å². The van der Waals surface area contributed by atoms with Crippen LogP contribution in [0.2, 0.25) is 0 Å². The molecule has 3 N–H and O–H groups in total. The first-order chi connectivity index (χ1) is 16.0. The maximum absolute atomic E-state index is 12.6. The molecule has 4 atom stereocenters. The maximum atomic E-state index is 12.6. The molecular formula is C26H27N3O4. The van der Waals surface area contributed by atoms with Crippen LogP contribution in [0.1, 0.15) is 40.7 Å². The number of amides is 1. The van der Waals surface area contributed by atoms with Crippen LogP contribution >= 0.6 is 0 Å². The number of phenols is 1. The number of hydrogen-bond donors (Lipinski definition) is 3. The Bertz CT molecular complexity index is 1180. The van der Waals surface area contributed by atoms with Crippen molar-refractivity contribution in [3.63, 3.8) is 0 Å². The summed E-state index contributed by atoms with van der Waals surface area (Å²) in [5, 5.41) is 27.4. The Labute approximate surface area is 192 Å². The largest absolute Gasteiger partial charge is 0.504 e. The smallest absolute Gasteiger partial charge is 0.271 e. The second-order valence-electron chi connectivity index (χ2n) is 9.51. The van der Waals surface area contributed by atoms with Crippen molar-refractivity contribution < 1.29 is 19.7 Å². The highest BCUT2D eigenvalue weighted by Gasteiger charge is 2.72. The molecule has 2 aliphatic heterocycles. The lowest BCUT2D eigenvalue weighted by atomic mass is 9.49. The predicted octanol–water partition coefficient (Wildman–Crippen LogP) is 2.52. The summed E-state index contributed by atoms with van der Waals surface area (Å²) >= 11 is 0. The molecule has 4 aliphatic rings. The molecule has 1 spiro atoms. The average molecular weight is 446 g/mol. The lowest BCUT2D eigenvalue weighted by Crippen LogP contribution is -2.76. The number of phenolic OH excluding ortho intramolecular Hbond substituents is 1. The van der Waals surface area contributed by atoms with E-state index in [0.29, 0.717) is 49.3 Å². The number of ether oxygens (including phenoxy) is 1. The van der Waals surface area contributed by atoms with Gasteiger partial charge in [0.25, 0.3) is 5.91 Å². The van der Waals surface area contributed by atoms with Crippen LogP contribution in [0.25, 0.3) is 0 Å². The van der Waals surface area contributed by atoms with Gasteiger partial charge in [0, 0.05) is 30.3 Å². The van der Waals surface area contributed by atoms with Gasteiger partial charge in [-0.2, -0.15) is 5.10 Å². The maximum Gasteiger partial charge on any atom is 0.271 e. The lowest BCUT2D eigenvalue weighted by molar-refractivity contribution is -0.163. The first-order valence-corrected chi connectivity index (χ1v) is 11.5. The van der Waals surface area contributed by atoms with Gasteiger partial charge in [-0.1, -0.05) is 30.3 Å². The zero-order valence-corrected chi connectivity index (χ0v) is 18.3. The average Bonchev–Trinajstić information content (AvgIpc) is 3.18. The summed E-state index contributed by atoms with van der Waals surface area (Å²) in [7, 11) is 0. The molecular weight excluding hydrogens is 418 g/mol. The topological polar surface area (TPSA) is 94.4 Å². The summed E-state index contributed by atoms with van der Waals surface area (Å²) in [4.78, 5) is 14.9. The molecule has 7 heteroatoms. The van der Waals surface area contributed by atoms with Gasteiger partial charge in [-0.05, 0) is 49.4 Å². The molecule has 0 aromatic heterocycles. The molecule has 2 aliphatic carbocycles. The van der Waals surface area contributed by atoms with Crippen LogP contribution in [0.4, 0.5) is 0 Å². The molecule has 33 heavy (non-hydrogen) atoms. The molecule has 0 unspecified atom stereocenters. The number of likely N-dealkylation sites (tertiary alicyclic amines) is 1. The Morgan fingerprint density at radius 2 is 2.09 bits per heavy atom. The highest BCUT2D eigenvalue weighted by molar-refractivity contribution is 5.98. The quantitative estimate of drug-likeness (QED) is 0.497. The third-order valence-corrected chi connectivity index (χ3v) is 8.09. The molecule has 1 saturated heterocycles. The molecule has 1 saturated carbocycles. The number of nitrogens with one attached hydrogen (secondary N) is 1. The molecule has 0 radical (unpaired) electrons. The van der Waals surface area contributed by atoms with E-state index in [9.17, 15) is 15.0 Å². The van der Waals surface area contributed by atoms with E-state index in [1.165, 1.54) is 0 Å². The molecule has 6 rings (SSSR count). The van der Waals surface area contributed by atoms with Crippen molar-refractivity contribution in [3.8, 4) is 11.5 Å². The number of carbonyl (C=O) groups excluding carboxylic acids is 1. The molecule has 2 bridgehead atoms. The standard InChI is InChI=1S/C26H27N3O4/c1-2-13-29-14-12-25-21-17-8-9-19(30)22(21)33-23(25)18(10-11-26(25,32)20(29)15-17)27-28-24(31)16-6-4-3-5-7-16/h2-9,20,23,30,32H,1,10-15H2,(H,28,31)/t20-,23+,25+,26-/m1/s1. The summed E-state index contributed by atoms with van der Waals surface area (Å²) in [6, 6.07) is 12.5. The van der Waals surface area contributed by atoms with Gasteiger partial charge in [0.05, 0.1) is 16.7 Å². The Morgan fingerprint density at radius 3 is 2.88 bits per heavy atom. The van der Waals surface area contributed by atoms with Crippen molar-refractivity contribution in [2.75, 3.05) is 13.1 Å². The highest BCUT2D eigenvalue weighted by Crippen LogP contribution is 2.64. The number of rotatable bonds is 4. The first kappa shape index (κ1) is 20.4. The van der Waals surface area contributed by atoms with Gasteiger partial charge in [-0.25, -0.2) is 5.43 Å². The van der Waals surface area contributed by atoms with Crippen LogP contribution in [0, 0.1) is 0 Å². The minimum Gasteiger partial charge on any atom is -0.504 e. The molecule has 1 amide bonds. The number of nitrogens with zero attached hydrogens (tertiary/aromatic N) is 2. The van der Waals surface area contributed by atoms with Crippen molar-refractivity contribution >= 4 is 11.6 Å². The van der Waals surface area contributed by atoms with Crippen LogP contribution in [-0.2, 0) is 11.8 Å². The molecule has 2 heterocycles. The minimum atomic E-state index is -1.02. The third kappa shape index (κ3) is 2.63. The molecule has 170 valence electrons.